The van der Waals surface area contributed by atoms with Crippen LogP contribution in [0.15, 0.2) is 35.3 Å². The number of para-hydroxylation sites is 1. The summed E-state index contributed by atoms with van der Waals surface area (Å²) in [5.74, 6) is 2.27. The fourth-order valence-corrected chi connectivity index (χ4v) is 4.01. The number of nitrogens with zero attached hydrogens (tertiary/aromatic N) is 2. The van der Waals surface area contributed by atoms with Crippen molar-refractivity contribution in [1.82, 2.24) is 15.5 Å². The molecule has 2 fully saturated rings. The van der Waals surface area contributed by atoms with Gasteiger partial charge in [-0.25, -0.2) is 4.99 Å². The molecule has 0 bridgehead atoms. The van der Waals surface area contributed by atoms with Gasteiger partial charge in [0.1, 0.15) is 11.9 Å². The molecule has 6 nitrogen and oxygen atoms in total. The maximum absolute atomic E-state index is 12.6. The third-order valence-electron chi connectivity index (χ3n) is 5.48. The van der Waals surface area contributed by atoms with E-state index in [9.17, 15) is 4.79 Å². The largest absolute Gasteiger partial charge is 0.489 e. The van der Waals surface area contributed by atoms with E-state index >= 15 is 0 Å². The van der Waals surface area contributed by atoms with Crippen LogP contribution in [0.4, 0.5) is 0 Å². The Labute approximate surface area is 191 Å². The molecule has 7 heteroatoms. The van der Waals surface area contributed by atoms with Gasteiger partial charge in [0.25, 0.3) is 0 Å². The number of amides is 1. The standard InChI is InChI=1S/C22H34N4O2.HI/c1-3-23-22(24-15-17(2)28-20-11-5-4-6-12-20)25-19-13-14-26(16-19)21(27)18-9-7-8-10-18;/h4-6,11-12,17-19H,3,7-10,13-16H2,1-2H3,(H2,23,24,25);1H. The summed E-state index contributed by atoms with van der Waals surface area (Å²) >= 11 is 0. The van der Waals surface area contributed by atoms with Gasteiger partial charge in [0, 0.05) is 31.6 Å². The predicted molar refractivity (Wildman–Crippen MR) is 128 cm³/mol. The van der Waals surface area contributed by atoms with Crippen LogP contribution in [-0.2, 0) is 4.79 Å². The summed E-state index contributed by atoms with van der Waals surface area (Å²) in [6.45, 7) is 7.08. The van der Waals surface area contributed by atoms with E-state index in [1.54, 1.807) is 0 Å². The van der Waals surface area contributed by atoms with E-state index in [-0.39, 0.29) is 42.0 Å². The number of ether oxygens (including phenoxy) is 1. The van der Waals surface area contributed by atoms with E-state index in [1.165, 1.54) is 12.8 Å². The van der Waals surface area contributed by atoms with Gasteiger partial charge in [-0.1, -0.05) is 31.0 Å². The van der Waals surface area contributed by atoms with E-state index in [2.05, 4.69) is 22.5 Å². The van der Waals surface area contributed by atoms with Crippen molar-refractivity contribution < 1.29 is 9.53 Å². The molecule has 2 unspecified atom stereocenters. The number of rotatable bonds is 7. The maximum atomic E-state index is 12.6. The highest BCUT2D eigenvalue weighted by Gasteiger charge is 2.32. The number of guanidine groups is 1. The molecule has 3 rings (SSSR count). The zero-order valence-corrected chi connectivity index (χ0v) is 19.9. The molecule has 29 heavy (non-hydrogen) atoms. The number of carbonyl (C=O) groups excluding carboxylic acids is 1. The zero-order valence-electron chi connectivity index (χ0n) is 17.6. The topological polar surface area (TPSA) is 66.0 Å². The van der Waals surface area contributed by atoms with Gasteiger partial charge in [-0.05, 0) is 45.2 Å². The van der Waals surface area contributed by atoms with Crippen molar-refractivity contribution in [2.75, 3.05) is 26.2 Å². The fraction of sp³-hybridized carbons (Fsp3) is 0.636. The molecule has 1 saturated heterocycles. The second kappa shape index (κ2) is 12.2. The number of nitrogens with one attached hydrogen (secondary N) is 2. The average molecular weight is 514 g/mol. The Morgan fingerprint density at radius 3 is 2.66 bits per heavy atom. The lowest BCUT2D eigenvalue weighted by atomic mass is 10.1. The summed E-state index contributed by atoms with van der Waals surface area (Å²) in [6, 6.07) is 10.1. The SMILES string of the molecule is CCNC(=NCC(C)Oc1ccccc1)NC1CCN(C(=O)C2CCCC2)C1.I. The summed E-state index contributed by atoms with van der Waals surface area (Å²) in [5.41, 5.74) is 0. The maximum Gasteiger partial charge on any atom is 0.225 e. The molecule has 1 aromatic carbocycles. The monoisotopic (exact) mass is 514 g/mol. The highest BCUT2D eigenvalue weighted by Crippen LogP contribution is 2.27. The predicted octanol–water partition coefficient (Wildman–Crippen LogP) is 3.42. The molecule has 162 valence electrons. The first-order valence-electron chi connectivity index (χ1n) is 10.7. The molecule has 0 spiro atoms. The van der Waals surface area contributed by atoms with Crippen LogP contribution in [0.2, 0.25) is 0 Å². The molecule has 0 radical (unpaired) electrons. The number of benzene rings is 1. The molecule has 2 aliphatic rings. The minimum atomic E-state index is -0.0122. The van der Waals surface area contributed by atoms with Gasteiger partial charge in [0.05, 0.1) is 6.54 Å². The molecule has 1 aliphatic carbocycles. The summed E-state index contributed by atoms with van der Waals surface area (Å²) in [5, 5.41) is 6.81. The quantitative estimate of drug-likeness (QED) is 0.333. The third-order valence-corrected chi connectivity index (χ3v) is 5.48. The minimum Gasteiger partial charge on any atom is -0.489 e. The van der Waals surface area contributed by atoms with Crippen LogP contribution in [0, 0.1) is 5.92 Å². The summed E-state index contributed by atoms with van der Waals surface area (Å²) in [6.07, 6.45) is 5.49. The van der Waals surface area contributed by atoms with Crippen molar-refractivity contribution in [1.29, 1.82) is 0 Å². The number of halogens is 1. The Balaban J connectivity index is 0.00000300. The number of carbonyl (C=O) groups is 1. The van der Waals surface area contributed by atoms with E-state index in [1.807, 2.05) is 42.2 Å². The highest BCUT2D eigenvalue weighted by atomic mass is 127. The molecule has 1 heterocycles. The number of hydrogen-bond acceptors (Lipinski definition) is 3. The van der Waals surface area contributed by atoms with Gasteiger partial charge >= 0.3 is 0 Å². The molecular formula is C22H35IN4O2. The van der Waals surface area contributed by atoms with Crippen LogP contribution in [-0.4, -0.2) is 55.1 Å². The molecule has 0 aromatic heterocycles. The Kier molecular flexibility index (Phi) is 10.0. The van der Waals surface area contributed by atoms with Crippen LogP contribution < -0.4 is 15.4 Å². The van der Waals surface area contributed by atoms with Crippen LogP contribution in [0.25, 0.3) is 0 Å². The minimum absolute atomic E-state index is 0. The van der Waals surface area contributed by atoms with Crippen LogP contribution in [0.1, 0.15) is 46.0 Å². The Hall–Kier alpha value is -1.51. The van der Waals surface area contributed by atoms with E-state index in [4.69, 9.17) is 4.74 Å². The van der Waals surface area contributed by atoms with Crippen LogP contribution in [0.3, 0.4) is 0 Å². The molecule has 1 aliphatic heterocycles. The first-order chi connectivity index (χ1) is 13.7. The third kappa shape index (κ3) is 7.35. The zero-order chi connectivity index (χ0) is 19.8. The van der Waals surface area contributed by atoms with Gasteiger partial charge in [0.2, 0.25) is 5.91 Å². The Morgan fingerprint density at radius 1 is 1.24 bits per heavy atom. The normalized spacial score (nSPS) is 20.8. The van der Waals surface area contributed by atoms with Gasteiger partial charge in [0.15, 0.2) is 5.96 Å². The second-order valence-corrected chi connectivity index (χ2v) is 7.86. The fourth-order valence-electron chi connectivity index (χ4n) is 4.01. The first kappa shape index (κ1) is 23.8. The average Bonchev–Trinajstić information content (AvgIpc) is 3.39. The van der Waals surface area contributed by atoms with Crippen molar-refractivity contribution in [2.24, 2.45) is 10.9 Å². The second-order valence-electron chi connectivity index (χ2n) is 7.86. The lowest BCUT2D eigenvalue weighted by molar-refractivity contribution is -0.134. The summed E-state index contributed by atoms with van der Waals surface area (Å²) < 4.78 is 5.90. The van der Waals surface area contributed by atoms with Crippen LogP contribution in [0.5, 0.6) is 5.75 Å². The van der Waals surface area contributed by atoms with Crippen molar-refractivity contribution in [3.05, 3.63) is 30.3 Å². The van der Waals surface area contributed by atoms with Gasteiger partial charge in [-0.15, -0.1) is 24.0 Å². The number of aliphatic imine (C=N–C) groups is 1. The first-order valence-corrected chi connectivity index (χ1v) is 10.7. The number of hydrogen-bond donors (Lipinski definition) is 2. The Morgan fingerprint density at radius 2 is 1.97 bits per heavy atom. The van der Waals surface area contributed by atoms with E-state index < -0.39 is 0 Å². The summed E-state index contributed by atoms with van der Waals surface area (Å²) in [4.78, 5) is 19.4. The molecular weight excluding hydrogens is 479 g/mol. The van der Waals surface area contributed by atoms with Crippen molar-refractivity contribution in [3.8, 4) is 5.75 Å². The lowest BCUT2D eigenvalue weighted by Crippen LogP contribution is -2.45. The van der Waals surface area contributed by atoms with Crippen molar-refractivity contribution in [3.63, 3.8) is 0 Å². The molecule has 2 N–H and O–H groups in total. The number of likely N-dealkylation sites (tertiary alicyclic amines) is 1. The molecule has 1 amide bonds. The smallest absolute Gasteiger partial charge is 0.225 e. The van der Waals surface area contributed by atoms with Crippen molar-refractivity contribution in [2.45, 2.75) is 58.1 Å². The summed E-state index contributed by atoms with van der Waals surface area (Å²) in [7, 11) is 0. The van der Waals surface area contributed by atoms with Gasteiger partial charge in [-0.2, -0.15) is 0 Å². The Bertz CT molecular complexity index is 649. The molecule has 1 saturated carbocycles. The molecule has 2 atom stereocenters. The van der Waals surface area contributed by atoms with E-state index in [0.29, 0.717) is 12.5 Å². The van der Waals surface area contributed by atoms with Gasteiger partial charge in [-0.3, -0.25) is 4.79 Å². The van der Waals surface area contributed by atoms with E-state index in [0.717, 1.165) is 50.6 Å². The van der Waals surface area contributed by atoms with Crippen LogP contribution >= 0.6 is 24.0 Å². The molecule has 1 aromatic rings. The highest BCUT2D eigenvalue weighted by molar-refractivity contribution is 14.0. The lowest BCUT2D eigenvalue weighted by Gasteiger charge is -2.22. The van der Waals surface area contributed by atoms with Gasteiger partial charge < -0.3 is 20.3 Å². The van der Waals surface area contributed by atoms with Crippen molar-refractivity contribution >= 4 is 35.8 Å².